The molecule has 0 saturated heterocycles. The Morgan fingerprint density at radius 1 is 1.08 bits per heavy atom. The molecule has 0 radical (unpaired) electrons. The summed E-state index contributed by atoms with van der Waals surface area (Å²) in [5.41, 5.74) is 1.57. The zero-order valence-electron chi connectivity index (χ0n) is 13.3. The van der Waals surface area contributed by atoms with Gasteiger partial charge in [0.1, 0.15) is 5.82 Å². The van der Waals surface area contributed by atoms with Crippen molar-refractivity contribution in [3.05, 3.63) is 65.5 Å². The Kier molecular flexibility index (Phi) is 5.92. The van der Waals surface area contributed by atoms with Gasteiger partial charge in [0.2, 0.25) is 10.0 Å². The van der Waals surface area contributed by atoms with Crippen LogP contribution in [0, 0.1) is 5.82 Å². The molecule has 0 aliphatic carbocycles. The van der Waals surface area contributed by atoms with Crippen LogP contribution in [0.1, 0.15) is 22.3 Å². The molecule has 5 nitrogen and oxygen atoms in total. The molecule has 0 saturated carbocycles. The minimum Gasteiger partial charge on any atom is -0.352 e. The van der Waals surface area contributed by atoms with Crippen molar-refractivity contribution in [3.63, 3.8) is 0 Å². The van der Waals surface area contributed by atoms with Crippen molar-refractivity contribution >= 4 is 21.6 Å². The highest BCUT2D eigenvalue weighted by Gasteiger charge is 2.09. The summed E-state index contributed by atoms with van der Waals surface area (Å²) < 4.78 is 38.1. The normalized spacial score (nSPS) is 11.1. The van der Waals surface area contributed by atoms with Crippen molar-refractivity contribution in [3.8, 4) is 0 Å². The fraction of sp³-hybridized carbons (Fsp3) is 0.235. The monoisotopic (exact) mass is 350 g/mol. The van der Waals surface area contributed by atoms with Crippen LogP contribution in [0.4, 0.5) is 10.1 Å². The smallest absolute Gasteiger partial charge is 0.254 e. The molecule has 24 heavy (non-hydrogen) atoms. The van der Waals surface area contributed by atoms with E-state index in [0.29, 0.717) is 18.7 Å². The Morgan fingerprint density at radius 2 is 1.75 bits per heavy atom. The number of benzene rings is 2. The van der Waals surface area contributed by atoms with Crippen molar-refractivity contribution in [1.29, 1.82) is 0 Å². The summed E-state index contributed by atoms with van der Waals surface area (Å²) in [5, 5.41) is 2.68. The maximum Gasteiger partial charge on any atom is 0.254 e. The summed E-state index contributed by atoms with van der Waals surface area (Å²) in [6, 6.07) is 12.9. The summed E-state index contributed by atoms with van der Waals surface area (Å²) in [6.45, 7) is 0.427. The lowest BCUT2D eigenvalue weighted by molar-refractivity contribution is 0.0949. The Labute approximate surface area is 141 Å². The van der Waals surface area contributed by atoms with E-state index in [4.69, 9.17) is 0 Å². The first-order valence-electron chi connectivity index (χ1n) is 7.44. The number of hydrogen-bond acceptors (Lipinski definition) is 3. The van der Waals surface area contributed by atoms with Gasteiger partial charge >= 0.3 is 0 Å². The number of amides is 1. The van der Waals surface area contributed by atoms with Gasteiger partial charge in [0.25, 0.3) is 5.91 Å². The molecule has 1 amide bonds. The molecule has 0 aliphatic rings. The van der Waals surface area contributed by atoms with Crippen LogP contribution in [0.3, 0.4) is 0 Å². The van der Waals surface area contributed by atoms with Gasteiger partial charge in [-0.3, -0.25) is 9.52 Å². The van der Waals surface area contributed by atoms with Crippen molar-refractivity contribution in [1.82, 2.24) is 5.32 Å². The molecular formula is C17H19FN2O3S. The van der Waals surface area contributed by atoms with Gasteiger partial charge < -0.3 is 5.32 Å². The number of hydrogen-bond donors (Lipinski definition) is 2. The molecule has 0 bridgehead atoms. The van der Waals surface area contributed by atoms with Gasteiger partial charge in [-0.15, -0.1) is 0 Å². The molecule has 2 aromatic rings. The summed E-state index contributed by atoms with van der Waals surface area (Å²) >= 11 is 0. The van der Waals surface area contributed by atoms with E-state index in [1.54, 1.807) is 18.2 Å². The number of halogens is 1. The Hall–Kier alpha value is -2.41. The van der Waals surface area contributed by atoms with Gasteiger partial charge in [-0.2, -0.15) is 0 Å². The number of rotatable bonds is 7. The number of anilines is 1. The first kappa shape index (κ1) is 17.9. The predicted octanol–water partition coefficient (Wildman–Crippen LogP) is 2.56. The number of nitrogens with one attached hydrogen (secondary N) is 2. The minimum absolute atomic E-state index is 0.0358. The molecule has 0 aromatic heterocycles. The van der Waals surface area contributed by atoms with Crippen LogP contribution < -0.4 is 10.0 Å². The quantitative estimate of drug-likeness (QED) is 0.754. The average Bonchev–Trinajstić information content (AvgIpc) is 2.52. The lowest BCUT2D eigenvalue weighted by atomic mass is 10.1. The molecule has 0 spiro atoms. The highest BCUT2D eigenvalue weighted by Crippen LogP contribution is 2.12. The van der Waals surface area contributed by atoms with Crippen LogP contribution in [0.15, 0.2) is 48.5 Å². The third-order valence-electron chi connectivity index (χ3n) is 3.30. The van der Waals surface area contributed by atoms with Crippen molar-refractivity contribution in [2.75, 3.05) is 17.5 Å². The van der Waals surface area contributed by atoms with Crippen molar-refractivity contribution in [2.24, 2.45) is 0 Å². The van der Waals surface area contributed by atoms with Crippen LogP contribution in [-0.4, -0.2) is 27.1 Å². The molecule has 0 atom stereocenters. The minimum atomic E-state index is -3.28. The molecule has 2 N–H and O–H groups in total. The second-order valence-electron chi connectivity index (χ2n) is 5.41. The molecule has 0 unspecified atom stereocenters. The van der Waals surface area contributed by atoms with E-state index in [9.17, 15) is 17.6 Å². The molecule has 128 valence electrons. The van der Waals surface area contributed by atoms with Gasteiger partial charge in [0.15, 0.2) is 0 Å². The first-order valence-corrected chi connectivity index (χ1v) is 9.34. The number of sulfonamides is 1. The maximum atomic E-state index is 13.5. The summed E-state index contributed by atoms with van der Waals surface area (Å²) in [4.78, 5) is 11.8. The van der Waals surface area contributed by atoms with E-state index in [0.717, 1.165) is 18.2 Å². The maximum absolute atomic E-state index is 13.5. The molecule has 2 aromatic carbocycles. The van der Waals surface area contributed by atoms with Gasteiger partial charge in [-0.05, 0) is 42.7 Å². The highest BCUT2D eigenvalue weighted by atomic mass is 32.2. The molecule has 0 heterocycles. The second kappa shape index (κ2) is 7.92. The fourth-order valence-corrected chi connectivity index (χ4v) is 2.75. The zero-order valence-corrected chi connectivity index (χ0v) is 14.1. The highest BCUT2D eigenvalue weighted by molar-refractivity contribution is 7.92. The number of carbonyl (C=O) groups is 1. The van der Waals surface area contributed by atoms with Gasteiger partial charge in [0, 0.05) is 12.2 Å². The van der Waals surface area contributed by atoms with E-state index in [1.807, 2.05) is 12.1 Å². The van der Waals surface area contributed by atoms with Crippen molar-refractivity contribution in [2.45, 2.75) is 12.8 Å². The van der Waals surface area contributed by atoms with E-state index < -0.39 is 21.7 Å². The van der Waals surface area contributed by atoms with Crippen LogP contribution in [0.25, 0.3) is 0 Å². The largest absolute Gasteiger partial charge is 0.352 e. The van der Waals surface area contributed by atoms with E-state index in [-0.39, 0.29) is 5.56 Å². The zero-order chi connectivity index (χ0) is 17.6. The van der Waals surface area contributed by atoms with Gasteiger partial charge in [-0.25, -0.2) is 12.8 Å². The molecule has 0 aliphatic heterocycles. The third-order valence-corrected chi connectivity index (χ3v) is 3.91. The first-order chi connectivity index (χ1) is 11.3. The summed E-state index contributed by atoms with van der Waals surface area (Å²) in [5.74, 6) is -0.968. The van der Waals surface area contributed by atoms with Gasteiger partial charge in [-0.1, -0.05) is 24.3 Å². The second-order valence-corrected chi connectivity index (χ2v) is 7.16. The van der Waals surface area contributed by atoms with E-state index in [1.165, 1.54) is 18.2 Å². The third kappa shape index (κ3) is 5.66. The van der Waals surface area contributed by atoms with Crippen LogP contribution in [0.5, 0.6) is 0 Å². The van der Waals surface area contributed by atoms with Gasteiger partial charge in [0.05, 0.1) is 11.8 Å². The Morgan fingerprint density at radius 3 is 2.38 bits per heavy atom. The van der Waals surface area contributed by atoms with E-state index >= 15 is 0 Å². The van der Waals surface area contributed by atoms with Crippen LogP contribution in [-0.2, 0) is 16.4 Å². The van der Waals surface area contributed by atoms with Crippen molar-refractivity contribution < 1.29 is 17.6 Å². The summed E-state index contributed by atoms with van der Waals surface area (Å²) in [7, 11) is -3.28. The standard InChI is InChI=1S/C17H19FN2O3S/c1-24(22,23)20-14-10-8-13(9-11-14)5-4-12-19-17(21)15-6-2-3-7-16(15)18/h2-3,6-11,20H,4-5,12H2,1H3,(H,19,21). The van der Waals surface area contributed by atoms with Crippen LogP contribution >= 0.6 is 0 Å². The molecule has 0 fully saturated rings. The molecular weight excluding hydrogens is 331 g/mol. The topological polar surface area (TPSA) is 75.3 Å². The summed E-state index contributed by atoms with van der Waals surface area (Å²) in [6.07, 6.45) is 2.51. The molecule has 2 rings (SSSR count). The van der Waals surface area contributed by atoms with E-state index in [2.05, 4.69) is 10.0 Å². The van der Waals surface area contributed by atoms with Crippen LogP contribution in [0.2, 0.25) is 0 Å². The predicted molar refractivity (Wildman–Crippen MR) is 92.0 cm³/mol. The Balaban J connectivity index is 1.78. The lowest BCUT2D eigenvalue weighted by Gasteiger charge is -2.07. The Bertz CT molecular complexity index is 805. The fourth-order valence-electron chi connectivity index (χ4n) is 2.19. The SMILES string of the molecule is CS(=O)(=O)Nc1ccc(CCCNC(=O)c2ccccc2F)cc1. The number of carbonyl (C=O) groups excluding carboxylic acids is 1. The lowest BCUT2D eigenvalue weighted by Crippen LogP contribution is -2.25. The molecule has 7 heteroatoms. The average molecular weight is 350 g/mol. The number of aryl methyl sites for hydroxylation is 1.